The molecule has 0 saturated carbocycles. The molecule has 16 heavy (non-hydrogen) atoms. The van der Waals surface area contributed by atoms with E-state index in [2.05, 4.69) is 9.97 Å². The minimum atomic E-state index is 0. The van der Waals surface area contributed by atoms with Crippen LogP contribution in [0.15, 0.2) is 29.8 Å². The molecule has 0 amide bonds. The molecule has 0 radical (unpaired) electrons. The van der Waals surface area contributed by atoms with Crippen LogP contribution in [0.5, 0.6) is 0 Å². The fourth-order valence-corrected chi connectivity index (χ4v) is 1.99. The Bertz CT molecular complexity index is 405. The van der Waals surface area contributed by atoms with Crippen molar-refractivity contribution in [2.24, 2.45) is 5.73 Å². The molecule has 0 bridgehead atoms. The molecule has 0 aromatic carbocycles. The molecule has 0 aliphatic carbocycles. The second kappa shape index (κ2) is 7.57. The van der Waals surface area contributed by atoms with Crippen LogP contribution in [0.2, 0.25) is 0 Å². The second-order valence-electron chi connectivity index (χ2n) is 2.88. The summed E-state index contributed by atoms with van der Waals surface area (Å²) in [6.45, 7) is 0.648. The molecular formula is C10H13Cl2N3S. The summed E-state index contributed by atoms with van der Waals surface area (Å²) in [6, 6.07) is 5.82. The molecule has 0 saturated heterocycles. The van der Waals surface area contributed by atoms with Gasteiger partial charge in [-0.3, -0.25) is 4.98 Å². The van der Waals surface area contributed by atoms with Crippen molar-refractivity contribution >= 4 is 36.2 Å². The van der Waals surface area contributed by atoms with Crippen molar-refractivity contribution in [1.82, 2.24) is 9.97 Å². The Hall–Kier alpha value is -0.680. The van der Waals surface area contributed by atoms with Gasteiger partial charge in [0.05, 0.1) is 16.4 Å². The first kappa shape index (κ1) is 15.3. The molecule has 2 aromatic heterocycles. The smallest absolute Gasteiger partial charge is 0.0998 e. The van der Waals surface area contributed by atoms with E-state index in [-0.39, 0.29) is 24.8 Å². The first-order valence-corrected chi connectivity index (χ1v) is 5.34. The number of rotatable bonds is 3. The SMILES string of the molecule is Cl.Cl.NCCc1nc(-c2ccccn2)cs1. The van der Waals surface area contributed by atoms with Crippen LogP contribution in [0.4, 0.5) is 0 Å². The molecule has 88 valence electrons. The van der Waals surface area contributed by atoms with Gasteiger partial charge >= 0.3 is 0 Å². The van der Waals surface area contributed by atoms with Gasteiger partial charge in [-0.05, 0) is 18.7 Å². The maximum atomic E-state index is 5.46. The van der Waals surface area contributed by atoms with E-state index in [4.69, 9.17) is 5.73 Å². The third-order valence-electron chi connectivity index (χ3n) is 1.84. The van der Waals surface area contributed by atoms with Gasteiger partial charge < -0.3 is 5.73 Å². The molecule has 2 heterocycles. The Balaban J connectivity index is 0.00000112. The summed E-state index contributed by atoms with van der Waals surface area (Å²) in [6.07, 6.45) is 2.62. The Morgan fingerprint density at radius 1 is 1.19 bits per heavy atom. The molecule has 2 aromatic rings. The topological polar surface area (TPSA) is 51.8 Å². The van der Waals surface area contributed by atoms with Crippen LogP contribution in [0.3, 0.4) is 0 Å². The summed E-state index contributed by atoms with van der Waals surface area (Å²) in [5.41, 5.74) is 7.33. The van der Waals surface area contributed by atoms with Gasteiger partial charge in [0.15, 0.2) is 0 Å². The van der Waals surface area contributed by atoms with Crippen LogP contribution in [0, 0.1) is 0 Å². The number of hydrogen-bond donors (Lipinski definition) is 1. The normalized spacial score (nSPS) is 9.06. The maximum absolute atomic E-state index is 5.46. The lowest BCUT2D eigenvalue weighted by atomic mass is 10.3. The van der Waals surface area contributed by atoms with E-state index in [1.807, 2.05) is 23.6 Å². The maximum Gasteiger partial charge on any atom is 0.0998 e. The number of pyridine rings is 1. The van der Waals surface area contributed by atoms with E-state index in [1.54, 1.807) is 17.5 Å². The number of aromatic nitrogens is 2. The molecule has 0 spiro atoms. The highest BCUT2D eigenvalue weighted by atomic mass is 35.5. The molecule has 6 heteroatoms. The van der Waals surface area contributed by atoms with Crippen molar-refractivity contribution in [1.29, 1.82) is 0 Å². The van der Waals surface area contributed by atoms with Crippen LogP contribution < -0.4 is 5.73 Å². The summed E-state index contributed by atoms with van der Waals surface area (Å²) >= 11 is 1.64. The van der Waals surface area contributed by atoms with Crippen LogP contribution in [-0.4, -0.2) is 16.5 Å². The van der Waals surface area contributed by atoms with Crippen molar-refractivity contribution in [3.8, 4) is 11.4 Å². The summed E-state index contributed by atoms with van der Waals surface area (Å²) in [7, 11) is 0. The summed E-state index contributed by atoms with van der Waals surface area (Å²) in [5, 5.41) is 3.10. The van der Waals surface area contributed by atoms with Crippen molar-refractivity contribution in [2.75, 3.05) is 6.54 Å². The highest BCUT2D eigenvalue weighted by Crippen LogP contribution is 2.19. The minimum absolute atomic E-state index is 0. The van der Waals surface area contributed by atoms with E-state index in [1.165, 1.54) is 0 Å². The van der Waals surface area contributed by atoms with Crippen molar-refractivity contribution in [3.63, 3.8) is 0 Å². The predicted molar refractivity (Wildman–Crippen MR) is 72.6 cm³/mol. The number of halogens is 2. The Morgan fingerprint density at radius 3 is 2.62 bits per heavy atom. The lowest BCUT2D eigenvalue weighted by molar-refractivity contribution is 0.953. The monoisotopic (exact) mass is 277 g/mol. The number of thiazole rings is 1. The van der Waals surface area contributed by atoms with Crippen LogP contribution >= 0.6 is 36.2 Å². The lowest BCUT2D eigenvalue weighted by Gasteiger charge is -1.93. The van der Waals surface area contributed by atoms with Crippen molar-refractivity contribution < 1.29 is 0 Å². The molecule has 2 rings (SSSR count). The zero-order chi connectivity index (χ0) is 9.80. The Morgan fingerprint density at radius 2 is 2.00 bits per heavy atom. The van der Waals surface area contributed by atoms with Crippen LogP contribution in [0.1, 0.15) is 5.01 Å². The molecular weight excluding hydrogens is 265 g/mol. The Kier molecular flexibility index (Phi) is 7.25. The average molecular weight is 278 g/mol. The summed E-state index contributed by atoms with van der Waals surface area (Å²) < 4.78 is 0. The zero-order valence-electron chi connectivity index (χ0n) is 8.50. The fraction of sp³-hybridized carbons (Fsp3) is 0.200. The largest absolute Gasteiger partial charge is 0.330 e. The standard InChI is InChI=1S/C10H11N3S.2ClH/c11-5-4-10-13-9(7-14-10)8-3-1-2-6-12-8;;/h1-3,6-7H,4-5,11H2;2*1H. The molecule has 2 N–H and O–H groups in total. The van der Waals surface area contributed by atoms with Gasteiger partial charge in [0.1, 0.15) is 0 Å². The first-order valence-electron chi connectivity index (χ1n) is 4.46. The molecule has 0 atom stereocenters. The third kappa shape index (κ3) is 3.72. The molecule has 0 fully saturated rings. The molecule has 0 unspecified atom stereocenters. The summed E-state index contributed by atoms with van der Waals surface area (Å²) in [4.78, 5) is 8.68. The van der Waals surface area contributed by atoms with E-state index in [0.29, 0.717) is 6.54 Å². The molecule has 0 aliphatic rings. The predicted octanol–water partition coefficient (Wildman–Crippen LogP) is 2.55. The summed E-state index contributed by atoms with van der Waals surface area (Å²) in [5.74, 6) is 0. The highest BCUT2D eigenvalue weighted by molar-refractivity contribution is 7.09. The van der Waals surface area contributed by atoms with Gasteiger partial charge in [0.2, 0.25) is 0 Å². The van der Waals surface area contributed by atoms with Crippen LogP contribution in [0.25, 0.3) is 11.4 Å². The van der Waals surface area contributed by atoms with E-state index < -0.39 is 0 Å². The van der Waals surface area contributed by atoms with E-state index in [0.717, 1.165) is 22.8 Å². The number of nitrogens with zero attached hydrogens (tertiary/aromatic N) is 2. The first-order chi connectivity index (χ1) is 6.90. The third-order valence-corrected chi connectivity index (χ3v) is 2.75. The van der Waals surface area contributed by atoms with Crippen LogP contribution in [-0.2, 0) is 6.42 Å². The van der Waals surface area contributed by atoms with Gasteiger partial charge in [0.25, 0.3) is 0 Å². The van der Waals surface area contributed by atoms with E-state index in [9.17, 15) is 0 Å². The molecule has 3 nitrogen and oxygen atoms in total. The number of hydrogen-bond acceptors (Lipinski definition) is 4. The van der Waals surface area contributed by atoms with Crippen molar-refractivity contribution in [3.05, 3.63) is 34.8 Å². The van der Waals surface area contributed by atoms with Gasteiger partial charge in [-0.1, -0.05) is 6.07 Å². The van der Waals surface area contributed by atoms with Gasteiger partial charge in [-0.15, -0.1) is 36.2 Å². The zero-order valence-corrected chi connectivity index (χ0v) is 10.9. The van der Waals surface area contributed by atoms with E-state index >= 15 is 0 Å². The quantitative estimate of drug-likeness (QED) is 0.938. The minimum Gasteiger partial charge on any atom is -0.330 e. The number of nitrogens with two attached hydrogens (primary N) is 1. The Labute approximate surface area is 111 Å². The molecule has 0 aliphatic heterocycles. The lowest BCUT2D eigenvalue weighted by Crippen LogP contribution is -2.02. The second-order valence-corrected chi connectivity index (χ2v) is 3.82. The average Bonchev–Trinajstić information content (AvgIpc) is 2.68. The van der Waals surface area contributed by atoms with Gasteiger partial charge in [0, 0.05) is 18.0 Å². The van der Waals surface area contributed by atoms with Crippen molar-refractivity contribution in [2.45, 2.75) is 6.42 Å². The fourth-order valence-electron chi connectivity index (χ4n) is 1.18. The highest BCUT2D eigenvalue weighted by Gasteiger charge is 2.03. The van der Waals surface area contributed by atoms with Gasteiger partial charge in [-0.25, -0.2) is 4.98 Å². The van der Waals surface area contributed by atoms with Gasteiger partial charge in [-0.2, -0.15) is 0 Å².